The summed E-state index contributed by atoms with van der Waals surface area (Å²) >= 11 is 0. The van der Waals surface area contributed by atoms with Crippen LogP contribution in [0.1, 0.15) is 12.0 Å². The van der Waals surface area contributed by atoms with E-state index in [-0.39, 0.29) is 23.9 Å². The maximum atomic E-state index is 12.4. The molecule has 1 aliphatic rings. The fraction of sp³-hybridized carbons (Fsp3) is 0.211. The second-order valence-electron chi connectivity index (χ2n) is 6.03. The molecule has 26 heavy (non-hydrogen) atoms. The molecule has 1 fully saturated rings. The van der Waals surface area contributed by atoms with Crippen molar-refractivity contribution in [3.63, 3.8) is 0 Å². The van der Waals surface area contributed by atoms with Gasteiger partial charge in [-0.1, -0.05) is 24.3 Å². The van der Waals surface area contributed by atoms with Crippen molar-refractivity contribution in [2.24, 2.45) is 5.73 Å². The fourth-order valence-corrected chi connectivity index (χ4v) is 2.77. The summed E-state index contributed by atoms with van der Waals surface area (Å²) in [4.78, 5) is 15.7. The maximum Gasteiger partial charge on any atom is 0.241 e. The van der Waals surface area contributed by atoms with Crippen molar-refractivity contribution in [3.05, 3.63) is 65.5 Å². The minimum absolute atomic E-state index is 0.0125. The molecule has 0 unspecified atom stereocenters. The van der Waals surface area contributed by atoms with Crippen LogP contribution in [0.15, 0.2) is 48.5 Å². The van der Waals surface area contributed by atoms with Gasteiger partial charge in [-0.25, -0.2) is 4.85 Å². The van der Waals surface area contributed by atoms with Gasteiger partial charge >= 0.3 is 0 Å². The molecule has 2 aromatic rings. The second kappa shape index (κ2) is 7.68. The summed E-state index contributed by atoms with van der Waals surface area (Å²) < 4.78 is 5.90. The minimum atomic E-state index is -0.350. The number of carbonyl (C=O) groups excluding carboxylic acids is 1. The molecular weight excluding hydrogens is 330 g/mol. The molecule has 2 aromatic carbocycles. The van der Waals surface area contributed by atoms with Gasteiger partial charge in [0.1, 0.15) is 17.7 Å². The first kappa shape index (κ1) is 17.5. The summed E-state index contributed by atoms with van der Waals surface area (Å²) in [6.07, 6.45) is 0.397. The molecule has 1 aliphatic heterocycles. The molecule has 132 valence electrons. The zero-order valence-corrected chi connectivity index (χ0v) is 14.0. The van der Waals surface area contributed by atoms with Crippen molar-refractivity contribution in [1.29, 1.82) is 5.41 Å². The first-order valence-electron chi connectivity index (χ1n) is 8.18. The highest BCUT2D eigenvalue weighted by Gasteiger charge is 2.30. The Balaban J connectivity index is 1.56. The molecule has 7 heteroatoms. The zero-order valence-electron chi connectivity index (χ0n) is 14.0. The number of hydrogen-bond acceptors (Lipinski definition) is 4. The highest BCUT2D eigenvalue weighted by atomic mass is 16.5. The van der Waals surface area contributed by atoms with Gasteiger partial charge in [-0.15, -0.1) is 0 Å². The average Bonchev–Trinajstić information content (AvgIpc) is 3.11. The van der Waals surface area contributed by atoms with Crippen LogP contribution in [0.25, 0.3) is 4.85 Å². The first-order chi connectivity index (χ1) is 12.5. The van der Waals surface area contributed by atoms with E-state index in [1.54, 1.807) is 48.5 Å². The maximum absolute atomic E-state index is 12.4. The molecule has 5 N–H and O–H groups in total. The van der Waals surface area contributed by atoms with Crippen molar-refractivity contribution in [1.82, 2.24) is 5.32 Å². The molecule has 0 spiro atoms. The van der Waals surface area contributed by atoms with Crippen LogP contribution in [-0.2, 0) is 4.79 Å². The van der Waals surface area contributed by atoms with E-state index < -0.39 is 0 Å². The average molecular weight is 349 g/mol. The van der Waals surface area contributed by atoms with Crippen LogP contribution < -0.4 is 21.1 Å². The van der Waals surface area contributed by atoms with Gasteiger partial charge in [-0.2, -0.15) is 0 Å². The second-order valence-corrected chi connectivity index (χ2v) is 6.03. The summed E-state index contributed by atoms with van der Waals surface area (Å²) in [5.41, 5.74) is 7.28. The van der Waals surface area contributed by atoms with Crippen LogP contribution in [0.2, 0.25) is 0 Å². The molecule has 0 radical (unpaired) electrons. The van der Waals surface area contributed by atoms with Crippen molar-refractivity contribution in [2.75, 3.05) is 11.9 Å². The molecular formula is C19H19N5O2. The highest BCUT2D eigenvalue weighted by molar-refractivity contribution is 5.95. The molecule has 3 rings (SSSR count). The molecule has 0 aliphatic carbocycles. The van der Waals surface area contributed by atoms with Gasteiger partial charge in [0.15, 0.2) is 5.69 Å². The Bertz CT molecular complexity index is 857. The minimum Gasteiger partial charge on any atom is -0.489 e. The lowest BCUT2D eigenvalue weighted by molar-refractivity contribution is -0.117. The fourth-order valence-electron chi connectivity index (χ4n) is 2.77. The summed E-state index contributed by atoms with van der Waals surface area (Å²) in [5, 5.41) is 13.5. The third-order valence-corrected chi connectivity index (χ3v) is 4.12. The quantitative estimate of drug-likeness (QED) is 0.377. The molecule has 1 saturated heterocycles. The molecule has 7 nitrogen and oxygen atoms in total. The van der Waals surface area contributed by atoms with E-state index in [1.807, 2.05) is 0 Å². The standard InChI is InChI=1S/C19H19N5O2/c1-22-13-5-7-14(8-6-13)24-19(25)17-10-16(11-23-17)26-15-4-2-3-12(9-15)18(20)21/h2-9,16-17,23H,10-11H2,(H3,20,21)(H,24,25)/t16-,17+/m1/s1. The van der Waals surface area contributed by atoms with E-state index in [1.165, 1.54) is 0 Å². The summed E-state index contributed by atoms with van der Waals surface area (Å²) in [7, 11) is 0. The van der Waals surface area contributed by atoms with Crippen LogP contribution in [0.3, 0.4) is 0 Å². The normalized spacial score (nSPS) is 18.7. The predicted molar refractivity (Wildman–Crippen MR) is 99.6 cm³/mol. The van der Waals surface area contributed by atoms with Crippen molar-refractivity contribution < 1.29 is 9.53 Å². The van der Waals surface area contributed by atoms with Crippen LogP contribution >= 0.6 is 0 Å². The van der Waals surface area contributed by atoms with Crippen molar-refractivity contribution in [3.8, 4) is 5.75 Å². The number of amides is 1. The Hall–Kier alpha value is -3.37. The van der Waals surface area contributed by atoms with Gasteiger partial charge in [0, 0.05) is 24.2 Å². The van der Waals surface area contributed by atoms with Crippen LogP contribution in [0, 0.1) is 12.0 Å². The van der Waals surface area contributed by atoms with Gasteiger partial charge < -0.3 is 21.1 Å². The summed E-state index contributed by atoms with van der Waals surface area (Å²) in [6.45, 7) is 7.49. The third-order valence-electron chi connectivity index (χ3n) is 4.12. The smallest absolute Gasteiger partial charge is 0.241 e. The van der Waals surface area contributed by atoms with Crippen LogP contribution in [0.5, 0.6) is 5.75 Å². The molecule has 1 heterocycles. The zero-order chi connectivity index (χ0) is 18.5. The number of nitrogen functional groups attached to an aromatic ring is 1. The van der Waals surface area contributed by atoms with Crippen LogP contribution in [-0.4, -0.2) is 30.4 Å². The lowest BCUT2D eigenvalue weighted by Gasteiger charge is -2.14. The summed E-state index contributed by atoms with van der Waals surface area (Å²) in [6, 6.07) is 13.5. The number of anilines is 1. The van der Waals surface area contributed by atoms with E-state index >= 15 is 0 Å². The van der Waals surface area contributed by atoms with Crippen molar-refractivity contribution >= 4 is 23.1 Å². The van der Waals surface area contributed by atoms with Gasteiger partial charge in [-0.3, -0.25) is 10.2 Å². The Morgan fingerprint density at radius 2 is 2.08 bits per heavy atom. The molecule has 2 atom stereocenters. The van der Waals surface area contributed by atoms with E-state index in [9.17, 15) is 4.79 Å². The number of ether oxygens (including phenoxy) is 1. The topological polar surface area (TPSA) is 105 Å². The van der Waals surface area contributed by atoms with Gasteiger partial charge in [0.25, 0.3) is 0 Å². The molecule has 0 saturated carbocycles. The number of nitrogens with one attached hydrogen (secondary N) is 3. The van der Waals surface area contributed by atoms with Gasteiger partial charge in [0.05, 0.1) is 12.6 Å². The molecule has 0 aromatic heterocycles. The van der Waals surface area contributed by atoms with E-state index in [0.29, 0.717) is 35.7 Å². The SMILES string of the molecule is [C-]#[N+]c1ccc(NC(=O)[C@@H]2C[C@@H](Oc3cccc(C(=N)N)c3)CN2)cc1. The van der Waals surface area contributed by atoms with Crippen LogP contribution in [0.4, 0.5) is 11.4 Å². The van der Waals surface area contributed by atoms with E-state index in [0.717, 1.165) is 0 Å². The Morgan fingerprint density at radius 3 is 2.77 bits per heavy atom. The third kappa shape index (κ3) is 4.18. The number of nitrogens with zero attached hydrogens (tertiary/aromatic N) is 1. The lowest BCUT2D eigenvalue weighted by Crippen LogP contribution is -2.35. The highest BCUT2D eigenvalue weighted by Crippen LogP contribution is 2.20. The number of nitrogens with two attached hydrogens (primary N) is 1. The largest absolute Gasteiger partial charge is 0.489 e. The first-order valence-corrected chi connectivity index (χ1v) is 8.18. The number of hydrogen-bond donors (Lipinski definition) is 4. The van der Waals surface area contributed by atoms with E-state index in [4.69, 9.17) is 22.5 Å². The summed E-state index contributed by atoms with van der Waals surface area (Å²) in [5.74, 6) is 0.478. The molecule has 1 amide bonds. The van der Waals surface area contributed by atoms with Gasteiger partial charge in [0.2, 0.25) is 5.91 Å². The lowest BCUT2D eigenvalue weighted by atomic mass is 10.1. The Labute approximate surface area is 151 Å². The number of carbonyl (C=O) groups is 1. The number of benzene rings is 2. The molecule has 0 bridgehead atoms. The Morgan fingerprint density at radius 1 is 1.31 bits per heavy atom. The number of amidine groups is 1. The number of rotatable bonds is 5. The predicted octanol–water partition coefficient (Wildman–Crippen LogP) is 2.27. The van der Waals surface area contributed by atoms with Gasteiger partial charge in [-0.05, 0) is 24.3 Å². The van der Waals surface area contributed by atoms with Crippen molar-refractivity contribution in [2.45, 2.75) is 18.6 Å². The van der Waals surface area contributed by atoms with E-state index in [2.05, 4.69) is 15.5 Å². The monoisotopic (exact) mass is 349 g/mol. The Kier molecular flexibility index (Phi) is 5.15.